The normalized spacial score (nSPS) is 15.2. The molecule has 3 heteroatoms. The van der Waals surface area contributed by atoms with Gasteiger partial charge in [-0.15, -0.1) is 6.58 Å². The van der Waals surface area contributed by atoms with Crippen LogP contribution in [0.5, 0.6) is 0 Å². The smallest absolute Gasteiger partial charge is 0.234 e. The Morgan fingerprint density at radius 3 is 2.08 bits per heavy atom. The number of hydrogen-bond acceptors (Lipinski definition) is 2. The van der Waals surface area contributed by atoms with Crippen LogP contribution in [0.1, 0.15) is 29.9 Å². The van der Waals surface area contributed by atoms with E-state index in [9.17, 15) is 4.79 Å². The highest BCUT2D eigenvalue weighted by Gasteiger charge is 2.30. The summed E-state index contributed by atoms with van der Waals surface area (Å²) in [6.07, 6.45) is 3.78. The Balaban J connectivity index is 1.70. The summed E-state index contributed by atoms with van der Waals surface area (Å²) < 4.78 is 5.58. The van der Waals surface area contributed by atoms with Crippen molar-refractivity contribution in [3.05, 3.63) is 84.4 Å². The number of carbonyl (C=O) groups excluding carboxylic acids is 1. The fraction of sp³-hybridized carbons (Fsp3) is 0.348. The Kier molecular flexibility index (Phi) is 6.62. The first-order valence-electron chi connectivity index (χ1n) is 9.37. The highest BCUT2D eigenvalue weighted by Crippen LogP contribution is 2.29. The number of rotatable bonds is 7. The molecule has 0 bridgehead atoms. The molecule has 2 aromatic carbocycles. The molecule has 0 aliphatic carbocycles. The standard InChI is InChI=1S/C23H27NO2/c1-2-17-26-18-19-13-15-24(16-14-19)23(25)22(20-9-5-3-6-10-20)21-11-7-4-8-12-21/h2-12,19,22H,1,13-18H2. The van der Waals surface area contributed by atoms with Crippen LogP contribution in [0, 0.1) is 5.92 Å². The van der Waals surface area contributed by atoms with Crippen molar-refractivity contribution in [2.24, 2.45) is 5.92 Å². The summed E-state index contributed by atoms with van der Waals surface area (Å²) >= 11 is 0. The van der Waals surface area contributed by atoms with E-state index in [1.165, 1.54) is 0 Å². The van der Waals surface area contributed by atoms with Gasteiger partial charge in [-0.1, -0.05) is 66.7 Å². The van der Waals surface area contributed by atoms with Crippen molar-refractivity contribution in [3.8, 4) is 0 Å². The van der Waals surface area contributed by atoms with Crippen molar-refractivity contribution in [2.75, 3.05) is 26.3 Å². The van der Waals surface area contributed by atoms with Gasteiger partial charge in [-0.2, -0.15) is 0 Å². The van der Waals surface area contributed by atoms with Crippen LogP contribution in [-0.2, 0) is 9.53 Å². The third kappa shape index (κ3) is 4.61. The lowest BCUT2D eigenvalue weighted by Crippen LogP contribution is -2.42. The number of amides is 1. The van der Waals surface area contributed by atoms with Crippen molar-refractivity contribution in [3.63, 3.8) is 0 Å². The molecule has 0 saturated carbocycles. The minimum atomic E-state index is -0.231. The minimum Gasteiger partial charge on any atom is -0.377 e. The molecule has 3 rings (SSSR count). The maximum absolute atomic E-state index is 13.3. The van der Waals surface area contributed by atoms with Gasteiger partial charge in [0.2, 0.25) is 5.91 Å². The van der Waals surface area contributed by atoms with Crippen LogP contribution in [0.25, 0.3) is 0 Å². The van der Waals surface area contributed by atoms with E-state index < -0.39 is 0 Å². The average molecular weight is 349 g/mol. The van der Waals surface area contributed by atoms with Crippen molar-refractivity contribution >= 4 is 5.91 Å². The minimum absolute atomic E-state index is 0.202. The summed E-state index contributed by atoms with van der Waals surface area (Å²) in [6, 6.07) is 20.2. The lowest BCUT2D eigenvalue weighted by atomic mass is 9.88. The predicted octanol–water partition coefficient (Wildman–Crippen LogP) is 4.26. The SMILES string of the molecule is C=CCOCC1CCN(C(=O)C(c2ccccc2)c2ccccc2)CC1. The molecule has 0 radical (unpaired) electrons. The molecule has 1 heterocycles. The van der Waals surface area contributed by atoms with Crippen LogP contribution in [0.15, 0.2) is 73.3 Å². The molecule has 136 valence electrons. The number of nitrogens with zero attached hydrogens (tertiary/aromatic N) is 1. The van der Waals surface area contributed by atoms with Gasteiger partial charge in [0, 0.05) is 19.7 Å². The zero-order valence-electron chi connectivity index (χ0n) is 15.2. The van der Waals surface area contributed by atoms with Crippen LogP contribution in [0.4, 0.5) is 0 Å². The van der Waals surface area contributed by atoms with Gasteiger partial charge in [-0.3, -0.25) is 4.79 Å². The zero-order valence-corrected chi connectivity index (χ0v) is 15.2. The van der Waals surface area contributed by atoms with Gasteiger partial charge in [0.1, 0.15) is 0 Å². The number of piperidine rings is 1. The van der Waals surface area contributed by atoms with Gasteiger partial charge in [-0.05, 0) is 29.9 Å². The van der Waals surface area contributed by atoms with Crippen LogP contribution in [-0.4, -0.2) is 37.1 Å². The molecule has 3 nitrogen and oxygen atoms in total. The molecule has 0 spiro atoms. The number of carbonyl (C=O) groups is 1. The van der Waals surface area contributed by atoms with Gasteiger partial charge < -0.3 is 9.64 Å². The molecule has 26 heavy (non-hydrogen) atoms. The van der Waals surface area contributed by atoms with Crippen LogP contribution in [0.3, 0.4) is 0 Å². The van der Waals surface area contributed by atoms with E-state index in [0.717, 1.165) is 43.7 Å². The summed E-state index contributed by atoms with van der Waals surface area (Å²) in [5, 5.41) is 0. The number of hydrogen-bond donors (Lipinski definition) is 0. The molecule has 0 atom stereocenters. The molecule has 0 unspecified atom stereocenters. The lowest BCUT2D eigenvalue weighted by Gasteiger charge is -2.34. The second-order valence-corrected chi connectivity index (χ2v) is 6.85. The van der Waals surface area contributed by atoms with E-state index in [0.29, 0.717) is 12.5 Å². The van der Waals surface area contributed by atoms with Gasteiger partial charge in [0.25, 0.3) is 0 Å². The molecule has 1 fully saturated rings. The summed E-state index contributed by atoms with van der Waals surface area (Å²) in [7, 11) is 0. The second-order valence-electron chi connectivity index (χ2n) is 6.85. The van der Waals surface area contributed by atoms with Gasteiger partial charge in [-0.25, -0.2) is 0 Å². The fourth-order valence-corrected chi connectivity index (χ4v) is 3.59. The number of ether oxygens (including phenoxy) is 1. The van der Waals surface area contributed by atoms with E-state index in [2.05, 4.69) is 6.58 Å². The first-order chi connectivity index (χ1) is 12.8. The van der Waals surface area contributed by atoms with Crippen molar-refractivity contribution in [1.29, 1.82) is 0 Å². The molecular weight excluding hydrogens is 322 g/mol. The first-order valence-corrected chi connectivity index (χ1v) is 9.37. The maximum Gasteiger partial charge on any atom is 0.234 e. The van der Waals surface area contributed by atoms with E-state index in [1.54, 1.807) is 6.08 Å². The van der Waals surface area contributed by atoms with Gasteiger partial charge >= 0.3 is 0 Å². The van der Waals surface area contributed by atoms with E-state index >= 15 is 0 Å². The zero-order chi connectivity index (χ0) is 18.2. The van der Waals surface area contributed by atoms with Crippen LogP contribution in [0.2, 0.25) is 0 Å². The lowest BCUT2D eigenvalue weighted by molar-refractivity contribution is -0.133. The molecular formula is C23H27NO2. The highest BCUT2D eigenvalue weighted by atomic mass is 16.5. The Morgan fingerprint density at radius 2 is 1.58 bits per heavy atom. The van der Waals surface area contributed by atoms with Crippen LogP contribution < -0.4 is 0 Å². The largest absolute Gasteiger partial charge is 0.377 e. The van der Waals surface area contributed by atoms with Crippen LogP contribution >= 0.6 is 0 Å². The summed E-state index contributed by atoms with van der Waals surface area (Å²) in [4.78, 5) is 15.4. The molecule has 2 aromatic rings. The van der Waals surface area contributed by atoms with Gasteiger partial charge in [0.05, 0.1) is 12.5 Å². The number of likely N-dealkylation sites (tertiary alicyclic amines) is 1. The highest BCUT2D eigenvalue weighted by molar-refractivity contribution is 5.87. The maximum atomic E-state index is 13.3. The molecule has 0 aromatic heterocycles. The third-order valence-corrected chi connectivity index (χ3v) is 5.03. The van der Waals surface area contributed by atoms with Gasteiger partial charge in [0.15, 0.2) is 0 Å². The van der Waals surface area contributed by atoms with Crippen molar-refractivity contribution < 1.29 is 9.53 Å². The summed E-state index contributed by atoms with van der Waals surface area (Å²) in [6.45, 7) is 6.64. The van der Waals surface area contributed by atoms with E-state index in [1.807, 2.05) is 65.6 Å². The Morgan fingerprint density at radius 1 is 1.04 bits per heavy atom. The Bertz CT molecular complexity index is 651. The van der Waals surface area contributed by atoms with E-state index in [4.69, 9.17) is 4.74 Å². The molecule has 1 aliphatic heterocycles. The molecule has 1 aliphatic rings. The monoisotopic (exact) mass is 349 g/mol. The third-order valence-electron chi connectivity index (χ3n) is 5.03. The summed E-state index contributed by atoms with van der Waals surface area (Å²) in [5.41, 5.74) is 2.11. The number of benzene rings is 2. The molecule has 0 N–H and O–H groups in total. The first kappa shape index (κ1) is 18.4. The predicted molar refractivity (Wildman–Crippen MR) is 105 cm³/mol. The average Bonchev–Trinajstić information content (AvgIpc) is 2.70. The van der Waals surface area contributed by atoms with E-state index in [-0.39, 0.29) is 11.8 Å². The second kappa shape index (κ2) is 9.35. The van der Waals surface area contributed by atoms with Crippen molar-refractivity contribution in [1.82, 2.24) is 4.90 Å². The summed E-state index contributed by atoms with van der Waals surface area (Å²) in [5.74, 6) is 0.504. The molecule has 1 saturated heterocycles. The topological polar surface area (TPSA) is 29.5 Å². The fourth-order valence-electron chi connectivity index (χ4n) is 3.59. The molecule has 1 amide bonds. The quantitative estimate of drug-likeness (QED) is 0.552. The Labute approximate surface area is 156 Å². The van der Waals surface area contributed by atoms with Crippen molar-refractivity contribution in [2.45, 2.75) is 18.8 Å². The Hall–Kier alpha value is -2.39.